The molecule has 1 aliphatic heterocycles. The maximum Gasteiger partial charge on any atom is 0.239 e. The summed E-state index contributed by atoms with van der Waals surface area (Å²) in [6, 6.07) is 3.48. The van der Waals surface area contributed by atoms with Gasteiger partial charge in [0.15, 0.2) is 5.96 Å². The topological polar surface area (TPSA) is 60.0 Å². The maximum absolute atomic E-state index is 13.9. The Morgan fingerprint density at radius 3 is 2.37 bits per heavy atom. The highest BCUT2D eigenvalue weighted by Crippen LogP contribution is 2.21. The second kappa shape index (κ2) is 10.0. The Balaban J connectivity index is 0.00000364. The fourth-order valence-corrected chi connectivity index (χ4v) is 2.84. The average molecular weight is 495 g/mol. The molecule has 0 atom stereocenters. The maximum atomic E-state index is 13.9. The Morgan fingerprint density at radius 2 is 1.81 bits per heavy atom. The monoisotopic (exact) mass is 495 g/mol. The Morgan fingerprint density at radius 1 is 1.19 bits per heavy atom. The van der Waals surface area contributed by atoms with Gasteiger partial charge in [0, 0.05) is 44.8 Å². The highest BCUT2D eigenvalue weighted by molar-refractivity contribution is 14.0. The van der Waals surface area contributed by atoms with Crippen LogP contribution in [0.5, 0.6) is 0 Å². The molecule has 0 bridgehead atoms. The largest absolute Gasteiger partial charge is 0.366 e. The van der Waals surface area contributed by atoms with E-state index in [0.29, 0.717) is 32.1 Å². The number of carbonyl (C=O) groups is 1. The number of amides is 1. The zero-order chi connectivity index (χ0) is 19.3. The van der Waals surface area contributed by atoms with Crippen molar-refractivity contribution in [3.63, 3.8) is 0 Å². The van der Waals surface area contributed by atoms with Crippen molar-refractivity contribution in [2.45, 2.75) is 26.3 Å². The van der Waals surface area contributed by atoms with Crippen molar-refractivity contribution in [3.8, 4) is 0 Å². The lowest BCUT2D eigenvalue weighted by atomic mass is 10.1. The lowest BCUT2D eigenvalue weighted by Crippen LogP contribution is -2.54. The molecule has 0 spiro atoms. The zero-order valence-electron chi connectivity index (χ0n) is 16.2. The number of nitrogens with zero attached hydrogens (tertiary/aromatic N) is 3. The van der Waals surface area contributed by atoms with Gasteiger partial charge in [-0.15, -0.1) is 24.0 Å². The molecular weight excluding hydrogens is 467 g/mol. The molecule has 0 aliphatic carbocycles. The molecule has 27 heavy (non-hydrogen) atoms. The lowest BCUT2D eigenvalue weighted by Gasteiger charge is -2.37. The van der Waals surface area contributed by atoms with Crippen LogP contribution in [-0.4, -0.2) is 62.1 Å². The van der Waals surface area contributed by atoms with E-state index in [9.17, 15) is 13.6 Å². The first-order chi connectivity index (χ1) is 12.2. The van der Waals surface area contributed by atoms with Crippen LogP contribution in [0.3, 0.4) is 0 Å². The quantitative estimate of drug-likeness (QED) is 0.384. The Kier molecular flexibility index (Phi) is 8.70. The molecule has 6 nitrogen and oxygen atoms in total. The van der Waals surface area contributed by atoms with Gasteiger partial charge < -0.3 is 20.4 Å². The number of hydrogen-bond donors (Lipinski definition) is 2. The zero-order valence-corrected chi connectivity index (χ0v) is 18.5. The van der Waals surface area contributed by atoms with Gasteiger partial charge in [0.05, 0.1) is 12.2 Å². The minimum atomic E-state index is -0.453. The molecule has 0 saturated carbocycles. The fraction of sp³-hybridized carbons (Fsp3) is 0.556. The SMILES string of the molecule is CN=C(NCC(=O)NC(C)(C)C)N1CCN(c2cc(F)ccc2F)CC1.I. The standard InChI is InChI=1S/C18H27F2N5O.HI/c1-18(2,3)23-16(26)12-22-17(21-4)25-9-7-24(8-10-25)15-11-13(19)5-6-14(15)20;/h5-6,11H,7-10,12H2,1-4H3,(H,21,22)(H,23,26);1H. The van der Waals surface area contributed by atoms with E-state index in [0.717, 1.165) is 12.1 Å². The molecule has 2 N–H and O–H groups in total. The summed E-state index contributed by atoms with van der Waals surface area (Å²) in [5.41, 5.74) is -0.0136. The molecule has 1 aromatic rings. The van der Waals surface area contributed by atoms with Gasteiger partial charge in [-0.05, 0) is 32.9 Å². The molecule has 1 fully saturated rings. The molecule has 2 rings (SSSR count). The first-order valence-electron chi connectivity index (χ1n) is 8.66. The van der Waals surface area contributed by atoms with Crippen LogP contribution in [0.2, 0.25) is 0 Å². The molecule has 9 heteroatoms. The lowest BCUT2D eigenvalue weighted by molar-refractivity contribution is -0.121. The van der Waals surface area contributed by atoms with Crippen LogP contribution < -0.4 is 15.5 Å². The van der Waals surface area contributed by atoms with Gasteiger partial charge in [-0.2, -0.15) is 0 Å². The van der Waals surface area contributed by atoms with Crippen LogP contribution in [-0.2, 0) is 4.79 Å². The van der Waals surface area contributed by atoms with Crippen LogP contribution >= 0.6 is 24.0 Å². The molecule has 0 radical (unpaired) electrons. The van der Waals surface area contributed by atoms with E-state index in [1.54, 1.807) is 7.05 Å². The summed E-state index contributed by atoms with van der Waals surface area (Å²) < 4.78 is 27.3. The van der Waals surface area contributed by atoms with Gasteiger partial charge in [-0.25, -0.2) is 8.78 Å². The predicted octanol–water partition coefficient (Wildman–Crippen LogP) is 2.19. The van der Waals surface area contributed by atoms with Crippen LogP contribution in [0.15, 0.2) is 23.2 Å². The number of guanidine groups is 1. The van der Waals surface area contributed by atoms with E-state index >= 15 is 0 Å². The summed E-state index contributed by atoms with van der Waals surface area (Å²) in [5, 5.41) is 5.93. The van der Waals surface area contributed by atoms with Crippen molar-refractivity contribution >= 4 is 41.5 Å². The third kappa shape index (κ3) is 7.11. The van der Waals surface area contributed by atoms with Gasteiger partial charge in [0.25, 0.3) is 0 Å². The number of piperazine rings is 1. The Bertz CT molecular complexity index is 670. The Hall–Kier alpha value is -1.65. The summed E-state index contributed by atoms with van der Waals surface area (Å²) >= 11 is 0. The summed E-state index contributed by atoms with van der Waals surface area (Å²) in [7, 11) is 1.66. The second-order valence-corrected chi connectivity index (χ2v) is 7.27. The molecule has 1 aromatic carbocycles. The van der Waals surface area contributed by atoms with Gasteiger partial charge in [-0.1, -0.05) is 0 Å². The van der Waals surface area contributed by atoms with Crippen molar-refractivity contribution < 1.29 is 13.6 Å². The summed E-state index contributed by atoms with van der Waals surface area (Å²) in [6.07, 6.45) is 0. The molecule has 0 unspecified atom stereocenters. The molecule has 0 aromatic heterocycles. The number of hydrogen-bond acceptors (Lipinski definition) is 3. The summed E-state index contributed by atoms with van der Waals surface area (Å²) in [5.74, 6) is -0.375. The normalized spacial score (nSPS) is 15.3. The van der Waals surface area contributed by atoms with E-state index in [1.165, 1.54) is 6.07 Å². The summed E-state index contributed by atoms with van der Waals surface area (Å²) in [4.78, 5) is 20.0. The van der Waals surface area contributed by atoms with E-state index in [4.69, 9.17) is 0 Å². The van der Waals surface area contributed by atoms with Gasteiger partial charge in [0.1, 0.15) is 11.6 Å². The van der Waals surface area contributed by atoms with Crippen molar-refractivity contribution in [2.75, 3.05) is 44.7 Å². The van der Waals surface area contributed by atoms with Crippen LogP contribution in [0.4, 0.5) is 14.5 Å². The average Bonchev–Trinajstić information content (AvgIpc) is 2.56. The van der Waals surface area contributed by atoms with E-state index in [1.807, 2.05) is 30.6 Å². The third-order valence-corrected chi connectivity index (χ3v) is 3.96. The number of rotatable bonds is 3. The molecular formula is C18H28F2IN5O. The first-order valence-corrected chi connectivity index (χ1v) is 8.66. The van der Waals surface area contributed by atoms with Crippen molar-refractivity contribution in [1.82, 2.24) is 15.5 Å². The Labute approximate surface area is 176 Å². The number of aliphatic imine (C=N–C) groups is 1. The highest BCUT2D eigenvalue weighted by atomic mass is 127. The number of benzene rings is 1. The number of halogens is 3. The van der Waals surface area contributed by atoms with Gasteiger partial charge in [0.2, 0.25) is 5.91 Å². The van der Waals surface area contributed by atoms with Crippen LogP contribution in [0, 0.1) is 11.6 Å². The number of anilines is 1. The minimum absolute atomic E-state index is 0. The van der Waals surface area contributed by atoms with Crippen LogP contribution in [0.25, 0.3) is 0 Å². The van der Waals surface area contributed by atoms with Crippen molar-refractivity contribution in [1.29, 1.82) is 0 Å². The summed E-state index contributed by atoms with van der Waals surface area (Å²) in [6.45, 7) is 8.15. The first kappa shape index (κ1) is 23.4. The highest BCUT2D eigenvalue weighted by Gasteiger charge is 2.22. The molecule has 152 valence electrons. The van der Waals surface area contributed by atoms with Gasteiger partial charge in [-0.3, -0.25) is 9.79 Å². The minimum Gasteiger partial charge on any atom is -0.366 e. The van der Waals surface area contributed by atoms with E-state index < -0.39 is 11.6 Å². The number of carbonyl (C=O) groups excluding carboxylic acids is 1. The fourth-order valence-electron chi connectivity index (χ4n) is 2.84. The van der Waals surface area contributed by atoms with E-state index in [-0.39, 0.29) is 47.7 Å². The number of nitrogens with one attached hydrogen (secondary N) is 2. The third-order valence-electron chi connectivity index (χ3n) is 3.96. The smallest absolute Gasteiger partial charge is 0.239 e. The predicted molar refractivity (Wildman–Crippen MR) is 115 cm³/mol. The molecule has 1 saturated heterocycles. The van der Waals surface area contributed by atoms with Gasteiger partial charge >= 0.3 is 0 Å². The molecule has 1 aliphatic rings. The second-order valence-electron chi connectivity index (χ2n) is 7.27. The molecule has 1 heterocycles. The van der Waals surface area contributed by atoms with Crippen LogP contribution in [0.1, 0.15) is 20.8 Å². The van der Waals surface area contributed by atoms with Crippen molar-refractivity contribution in [3.05, 3.63) is 29.8 Å². The van der Waals surface area contributed by atoms with Crippen molar-refractivity contribution in [2.24, 2.45) is 4.99 Å². The van der Waals surface area contributed by atoms with E-state index in [2.05, 4.69) is 15.6 Å². The molecule has 1 amide bonds.